The fourth-order valence-corrected chi connectivity index (χ4v) is 1.60. The highest BCUT2D eigenvalue weighted by Crippen LogP contribution is 2.14. The van der Waals surface area contributed by atoms with Crippen LogP contribution in [-0.2, 0) is 20.9 Å². The molecule has 21 heavy (non-hydrogen) atoms. The summed E-state index contributed by atoms with van der Waals surface area (Å²) < 4.78 is 14.7. The molecule has 1 aromatic heterocycles. The van der Waals surface area contributed by atoms with E-state index < -0.39 is 18.1 Å². The maximum absolute atomic E-state index is 11.7. The molecule has 1 aromatic rings. The Hall–Kier alpha value is -2.05. The van der Waals surface area contributed by atoms with Crippen molar-refractivity contribution in [2.75, 3.05) is 7.11 Å². The van der Waals surface area contributed by atoms with E-state index in [4.69, 9.17) is 9.26 Å². The van der Waals surface area contributed by atoms with Crippen molar-refractivity contribution in [2.24, 2.45) is 5.92 Å². The average Bonchev–Trinajstić information content (AvgIpc) is 2.90. The van der Waals surface area contributed by atoms with Crippen LogP contribution in [0.4, 0.5) is 4.79 Å². The number of ether oxygens (including phenoxy) is 2. The van der Waals surface area contributed by atoms with Crippen molar-refractivity contribution in [3.63, 3.8) is 0 Å². The molecule has 0 aliphatic heterocycles. The quantitative estimate of drug-likeness (QED) is 0.810. The third-order valence-electron chi connectivity index (χ3n) is 2.91. The highest BCUT2D eigenvalue weighted by atomic mass is 16.6. The smallest absolute Gasteiger partial charge is 0.408 e. The van der Waals surface area contributed by atoms with Crippen LogP contribution in [0.2, 0.25) is 0 Å². The van der Waals surface area contributed by atoms with Crippen molar-refractivity contribution in [3.05, 3.63) is 17.5 Å². The molecule has 1 N–H and O–H groups in total. The summed E-state index contributed by atoms with van der Waals surface area (Å²) in [7, 11) is 1.27. The summed E-state index contributed by atoms with van der Waals surface area (Å²) in [6, 6.07) is 0.988. The van der Waals surface area contributed by atoms with Crippen LogP contribution in [0.15, 0.2) is 10.6 Å². The van der Waals surface area contributed by atoms with Gasteiger partial charge in [0.15, 0.2) is 12.4 Å². The highest BCUT2D eigenvalue weighted by Gasteiger charge is 2.25. The first-order valence-corrected chi connectivity index (χ1v) is 6.81. The van der Waals surface area contributed by atoms with Crippen molar-refractivity contribution < 1.29 is 23.6 Å². The van der Waals surface area contributed by atoms with Crippen molar-refractivity contribution in [2.45, 2.75) is 46.3 Å². The van der Waals surface area contributed by atoms with Crippen LogP contribution in [0.3, 0.4) is 0 Å². The lowest BCUT2D eigenvalue weighted by Crippen LogP contribution is -2.45. The second kappa shape index (κ2) is 7.66. The molecule has 0 aromatic carbocycles. The molecule has 0 spiro atoms. The van der Waals surface area contributed by atoms with Crippen LogP contribution >= 0.6 is 0 Å². The van der Waals surface area contributed by atoms with Gasteiger partial charge in [-0.15, -0.1) is 0 Å². The van der Waals surface area contributed by atoms with E-state index in [1.165, 1.54) is 7.11 Å². The van der Waals surface area contributed by atoms with Crippen molar-refractivity contribution in [3.8, 4) is 0 Å². The number of hydrogen-bond acceptors (Lipinski definition) is 6. The molecule has 1 amide bonds. The number of alkyl carbamates (subject to hydrolysis) is 1. The molecule has 0 saturated carbocycles. The van der Waals surface area contributed by atoms with E-state index in [-0.39, 0.29) is 18.4 Å². The SMILES string of the molecule is COC(=O)[C@@H](NC(=O)OCc1cc(C(C)C)no1)C(C)C. The lowest BCUT2D eigenvalue weighted by molar-refractivity contribution is -0.144. The Labute approximate surface area is 124 Å². The molecule has 1 rings (SSSR count). The lowest BCUT2D eigenvalue weighted by Gasteiger charge is -2.19. The Morgan fingerprint density at radius 3 is 2.48 bits per heavy atom. The Morgan fingerprint density at radius 2 is 2.00 bits per heavy atom. The molecule has 0 fully saturated rings. The molecule has 0 radical (unpaired) electrons. The van der Waals surface area contributed by atoms with Gasteiger partial charge in [-0.05, 0) is 11.8 Å². The number of hydrogen-bond donors (Lipinski definition) is 1. The molecule has 0 saturated heterocycles. The van der Waals surface area contributed by atoms with Crippen LogP contribution < -0.4 is 5.32 Å². The lowest BCUT2D eigenvalue weighted by atomic mass is 10.1. The average molecular weight is 298 g/mol. The van der Waals surface area contributed by atoms with Gasteiger partial charge in [0.1, 0.15) is 6.04 Å². The Morgan fingerprint density at radius 1 is 1.33 bits per heavy atom. The molecule has 0 aliphatic rings. The predicted molar refractivity (Wildman–Crippen MR) is 74.6 cm³/mol. The van der Waals surface area contributed by atoms with Gasteiger partial charge in [0, 0.05) is 6.07 Å². The van der Waals surface area contributed by atoms with Gasteiger partial charge in [-0.2, -0.15) is 0 Å². The van der Waals surface area contributed by atoms with E-state index >= 15 is 0 Å². The Kier molecular flexibility index (Phi) is 6.20. The second-order valence-corrected chi connectivity index (χ2v) is 5.34. The largest absolute Gasteiger partial charge is 0.467 e. The monoisotopic (exact) mass is 298 g/mol. The summed E-state index contributed by atoms with van der Waals surface area (Å²) >= 11 is 0. The molecule has 0 bridgehead atoms. The third-order valence-corrected chi connectivity index (χ3v) is 2.91. The molecule has 118 valence electrons. The predicted octanol–water partition coefficient (Wildman–Crippen LogP) is 2.22. The zero-order chi connectivity index (χ0) is 16.0. The van der Waals surface area contributed by atoms with E-state index in [0.717, 1.165) is 5.69 Å². The molecular formula is C14H22N2O5. The molecular weight excluding hydrogens is 276 g/mol. The summed E-state index contributed by atoms with van der Waals surface area (Å²) in [4.78, 5) is 23.2. The third kappa shape index (κ3) is 5.09. The van der Waals surface area contributed by atoms with Crippen LogP contribution in [0, 0.1) is 5.92 Å². The minimum atomic E-state index is -0.747. The van der Waals surface area contributed by atoms with E-state index in [0.29, 0.717) is 5.76 Å². The van der Waals surface area contributed by atoms with Gasteiger partial charge in [-0.1, -0.05) is 32.9 Å². The topological polar surface area (TPSA) is 90.7 Å². The van der Waals surface area contributed by atoms with Gasteiger partial charge < -0.3 is 19.3 Å². The Bertz CT molecular complexity index is 481. The van der Waals surface area contributed by atoms with E-state index in [2.05, 4.69) is 15.2 Å². The number of esters is 1. The number of carbonyl (C=O) groups excluding carboxylic acids is 2. The first kappa shape index (κ1) is 17.0. The van der Waals surface area contributed by atoms with Gasteiger partial charge in [-0.3, -0.25) is 0 Å². The maximum Gasteiger partial charge on any atom is 0.408 e. The van der Waals surface area contributed by atoms with Crippen LogP contribution in [-0.4, -0.2) is 30.4 Å². The fraction of sp³-hybridized carbons (Fsp3) is 0.643. The first-order valence-electron chi connectivity index (χ1n) is 6.81. The van der Waals surface area contributed by atoms with Crippen LogP contribution in [0.5, 0.6) is 0 Å². The summed E-state index contributed by atoms with van der Waals surface area (Å²) in [5.74, 6) is 0.0699. The number of nitrogens with zero attached hydrogens (tertiary/aromatic N) is 1. The second-order valence-electron chi connectivity index (χ2n) is 5.34. The van der Waals surface area contributed by atoms with Crippen LogP contribution in [0.1, 0.15) is 45.1 Å². The summed E-state index contributed by atoms with van der Waals surface area (Å²) in [5.41, 5.74) is 0.795. The number of methoxy groups -OCH3 is 1. The minimum Gasteiger partial charge on any atom is -0.467 e. The van der Waals surface area contributed by atoms with E-state index in [1.807, 2.05) is 13.8 Å². The number of nitrogens with one attached hydrogen (secondary N) is 1. The summed E-state index contributed by atoms with van der Waals surface area (Å²) in [5, 5.41) is 6.33. The van der Waals surface area contributed by atoms with E-state index in [9.17, 15) is 9.59 Å². The summed E-state index contributed by atoms with van der Waals surface area (Å²) in [6.45, 7) is 7.52. The Balaban J connectivity index is 2.50. The van der Waals surface area contributed by atoms with E-state index in [1.54, 1.807) is 19.9 Å². The van der Waals surface area contributed by atoms with Gasteiger partial charge in [0.05, 0.1) is 12.8 Å². The number of rotatable bonds is 6. The van der Waals surface area contributed by atoms with Crippen LogP contribution in [0.25, 0.3) is 0 Å². The zero-order valence-electron chi connectivity index (χ0n) is 13.0. The van der Waals surface area contributed by atoms with Gasteiger partial charge >= 0.3 is 12.1 Å². The molecule has 7 nitrogen and oxygen atoms in total. The normalized spacial score (nSPS) is 12.3. The highest BCUT2D eigenvalue weighted by molar-refractivity contribution is 5.81. The van der Waals surface area contributed by atoms with Gasteiger partial charge in [0.2, 0.25) is 0 Å². The zero-order valence-corrected chi connectivity index (χ0v) is 13.0. The molecule has 1 heterocycles. The van der Waals surface area contributed by atoms with Crippen molar-refractivity contribution in [1.82, 2.24) is 10.5 Å². The standard InChI is InChI=1S/C14H22N2O5/c1-8(2)11-6-10(21-16-11)7-20-14(18)15-12(9(3)4)13(17)19-5/h6,8-9,12H,7H2,1-5H3,(H,15,18)/t12-/m0/s1. The van der Waals surface area contributed by atoms with Crippen molar-refractivity contribution in [1.29, 1.82) is 0 Å². The number of aromatic nitrogens is 1. The van der Waals surface area contributed by atoms with Gasteiger partial charge in [-0.25, -0.2) is 9.59 Å². The molecule has 7 heteroatoms. The molecule has 0 aliphatic carbocycles. The van der Waals surface area contributed by atoms with Crippen molar-refractivity contribution >= 4 is 12.1 Å². The number of amides is 1. The number of carbonyl (C=O) groups is 2. The summed E-state index contributed by atoms with van der Waals surface area (Å²) in [6.07, 6.45) is -0.707. The fourth-order valence-electron chi connectivity index (χ4n) is 1.60. The minimum absolute atomic E-state index is 0.0441. The maximum atomic E-state index is 11.7. The molecule has 0 unspecified atom stereocenters. The molecule has 1 atom stereocenters. The van der Waals surface area contributed by atoms with Gasteiger partial charge in [0.25, 0.3) is 0 Å². The first-order chi connectivity index (χ1) is 9.85.